The van der Waals surface area contributed by atoms with Crippen LogP contribution in [0, 0.1) is 0 Å². The first kappa shape index (κ1) is 21.2. The number of fused-ring (bicyclic) bond motifs is 2. The zero-order chi connectivity index (χ0) is 22.8. The Labute approximate surface area is 195 Å². The molecule has 1 amide bonds. The Morgan fingerprint density at radius 1 is 1.12 bits per heavy atom. The predicted octanol–water partition coefficient (Wildman–Crippen LogP) is 4.56. The highest BCUT2D eigenvalue weighted by molar-refractivity contribution is 8.00. The zero-order valence-electron chi connectivity index (χ0n) is 18.3. The van der Waals surface area contributed by atoms with Crippen molar-refractivity contribution in [1.29, 1.82) is 0 Å². The second-order valence-corrected chi connectivity index (χ2v) is 8.89. The summed E-state index contributed by atoms with van der Waals surface area (Å²) in [5.41, 5.74) is 3.78. The highest BCUT2D eigenvalue weighted by atomic mass is 32.2. The summed E-state index contributed by atoms with van der Waals surface area (Å²) in [7, 11) is 1.65. The molecule has 1 atom stereocenters. The Kier molecular flexibility index (Phi) is 5.83. The quantitative estimate of drug-likeness (QED) is 0.407. The van der Waals surface area contributed by atoms with Crippen LogP contribution >= 0.6 is 11.8 Å². The number of thioether (sulfide) groups is 1. The van der Waals surface area contributed by atoms with Crippen molar-refractivity contribution in [3.8, 4) is 22.9 Å². The number of para-hydroxylation sites is 2. The van der Waals surface area contributed by atoms with Crippen LogP contribution in [0.4, 0.5) is 0 Å². The van der Waals surface area contributed by atoms with Gasteiger partial charge in [0.25, 0.3) is 0 Å². The summed E-state index contributed by atoms with van der Waals surface area (Å²) in [6.45, 7) is 2.53. The number of benzene rings is 3. The van der Waals surface area contributed by atoms with Gasteiger partial charge < -0.3 is 19.5 Å². The molecule has 0 radical (unpaired) electrons. The van der Waals surface area contributed by atoms with E-state index >= 15 is 0 Å². The lowest BCUT2D eigenvalue weighted by molar-refractivity contribution is -0.120. The molecule has 33 heavy (non-hydrogen) atoms. The van der Waals surface area contributed by atoms with E-state index in [1.54, 1.807) is 7.11 Å². The number of carbonyl (C=O) groups excluding carboxylic acids is 1. The first-order valence-corrected chi connectivity index (χ1v) is 11.4. The number of hydrogen-bond donors (Lipinski definition) is 1. The molecular formula is C25H23N3O4S. The minimum atomic E-state index is -0.340. The number of nitrogens with one attached hydrogen (secondary N) is 1. The molecule has 1 N–H and O–H groups in total. The molecule has 0 spiro atoms. The lowest BCUT2D eigenvalue weighted by atomic mass is 10.2. The molecule has 0 saturated carbocycles. The number of rotatable bonds is 7. The second kappa shape index (κ2) is 9.07. The lowest BCUT2D eigenvalue weighted by Crippen LogP contribution is -2.30. The molecule has 168 valence electrons. The van der Waals surface area contributed by atoms with E-state index in [1.165, 1.54) is 11.8 Å². The zero-order valence-corrected chi connectivity index (χ0v) is 19.1. The van der Waals surface area contributed by atoms with Gasteiger partial charge in [-0.25, -0.2) is 4.98 Å². The number of ether oxygens (including phenoxy) is 3. The normalized spacial score (nSPS) is 13.2. The Morgan fingerprint density at radius 2 is 1.91 bits per heavy atom. The van der Waals surface area contributed by atoms with Crippen LogP contribution in [0.25, 0.3) is 16.7 Å². The molecule has 0 fully saturated rings. The van der Waals surface area contributed by atoms with E-state index in [0.717, 1.165) is 38.9 Å². The van der Waals surface area contributed by atoms with Crippen molar-refractivity contribution in [2.24, 2.45) is 0 Å². The number of nitrogens with zero attached hydrogens (tertiary/aromatic N) is 2. The largest absolute Gasteiger partial charge is 0.497 e. The first-order chi connectivity index (χ1) is 16.1. The standard InChI is InChI=1S/C25H23N3O4S/c1-16(24(29)26-14-17-7-12-22-23(13-17)32-15-31-22)33-25-27-20-5-3-4-6-21(20)28(25)18-8-10-19(30-2)11-9-18/h3-13,16H,14-15H2,1-2H3,(H,26,29)/t16-/m1/s1. The van der Waals surface area contributed by atoms with Gasteiger partial charge in [0.2, 0.25) is 12.7 Å². The summed E-state index contributed by atoms with van der Waals surface area (Å²) in [6, 6.07) is 21.4. The molecule has 1 aliphatic heterocycles. The summed E-state index contributed by atoms with van der Waals surface area (Å²) in [4.78, 5) is 17.7. The molecule has 2 heterocycles. The van der Waals surface area contributed by atoms with Crippen LogP contribution in [0.2, 0.25) is 0 Å². The summed E-state index contributed by atoms with van der Waals surface area (Å²) in [5.74, 6) is 2.16. The van der Waals surface area contributed by atoms with Crippen molar-refractivity contribution in [3.05, 3.63) is 72.3 Å². The molecule has 3 aromatic carbocycles. The first-order valence-electron chi connectivity index (χ1n) is 10.6. The third-order valence-corrected chi connectivity index (χ3v) is 6.47. The van der Waals surface area contributed by atoms with Crippen molar-refractivity contribution in [1.82, 2.24) is 14.9 Å². The number of imidazole rings is 1. The molecular weight excluding hydrogens is 438 g/mol. The van der Waals surface area contributed by atoms with E-state index in [9.17, 15) is 4.79 Å². The van der Waals surface area contributed by atoms with Gasteiger partial charge in [-0.05, 0) is 61.0 Å². The summed E-state index contributed by atoms with van der Waals surface area (Å²) in [5, 5.41) is 3.43. The highest BCUT2D eigenvalue weighted by Gasteiger charge is 2.21. The van der Waals surface area contributed by atoms with Crippen LogP contribution in [0.3, 0.4) is 0 Å². The smallest absolute Gasteiger partial charge is 0.233 e. The number of aromatic nitrogens is 2. The fraction of sp³-hybridized carbons (Fsp3) is 0.200. The molecule has 7 nitrogen and oxygen atoms in total. The van der Waals surface area contributed by atoms with Gasteiger partial charge in [-0.1, -0.05) is 30.0 Å². The minimum absolute atomic E-state index is 0.0639. The summed E-state index contributed by atoms with van der Waals surface area (Å²) in [6.07, 6.45) is 0. The minimum Gasteiger partial charge on any atom is -0.497 e. The van der Waals surface area contributed by atoms with E-state index < -0.39 is 0 Å². The van der Waals surface area contributed by atoms with Crippen LogP contribution in [-0.4, -0.2) is 34.6 Å². The van der Waals surface area contributed by atoms with Gasteiger partial charge >= 0.3 is 0 Å². The molecule has 1 aromatic heterocycles. The molecule has 0 aliphatic carbocycles. The maximum Gasteiger partial charge on any atom is 0.233 e. The van der Waals surface area contributed by atoms with Gasteiger partial charge in [0.05, 0.1) is 23.4 Å². The van der Waals surface area contributed by atoms with Gasteiger partial charge in [0.1, 0.15) is 5.75 Å². The van der Waals surface area contributed by atoms with Crippen LogP contribution in [0.5, 0.6) is 17.2 Å². The maximum atomic E-state index is 12.9. The SMILES string of the molecule is COc1ccc(-n2c(S[C@H](C)C(=O)NCc3ccc4c(c3)OCO4)nc3ccccc32)cc1. The fourth-order valence-corrected chi connectivity index (χ4v) is 4.63. The van der Waals surface area contributed by atoms with E-state index in [4.69, 9.17) is 19.2 Å². The Morgan fingerprint density at radius 3 is 2.73 bits per heavy atom. The number of hydrogen-bond acceptors (Lipinski definition) is 6. The maximum absolute atomic E-state index is 12.9. The monoisotopic (exact) mass is 461 g/mol. The molecule has 4 aromatic rings. The summed E-state index contributed by atoms with van der Waals surface area (Å²) >= 11 is 1.43. The van der Waals surface area contributed by atoms with Crippen molar-refractivity contribution in [2.75, 3.05) is 13.9 Å². The van der Waals surface area contributed by atoms with E-state index in [0.29, 0.717) is 12.3 Å². The van der Waals surface area contributed by atoms with Crippen LogP contribution in [0.1, 0.15) is 12.5 Å². The molecule has 0 unspecified atom stereocenters. The van der Waals surface area contributed by atoms with Crippen molar-refractivity contribution in [3.63, 3.8) is 0 Å². The van der Waals surface area contributed by atoms with Crippen LogP contribution in [0.15, 0.2) is 71.9 Å². The van der Waals surface area contributed by atoms with Crippen molar-refractivity contribution >= 4 is 28.7 Å². The van der Waals surface area contributed by atoms with Crippen LogP contribution in [-0.2, 0) is 11.3 Å². The number of methoxy groups -OCH3 is 1. The third kappa shape index (κ3) is 4.34. The Balaban J connectivity index is 1.34. The van der Waals surface area contributed by atoms with Crippen LogP contribution < -0.4 is 19.5 Å². The molecule has 8 heteroatoms. The van der Waals surface area contributed by atoms with Gasteiger partial charge in [-0.15, -0.1) is 0 Å². The van der Waals surface area contributed by atoms with E-state index in [1.807, 2.05) is 73.7 Å². The summed E-state index contributed by atoms with van der Waals surface area (Å²) < 4.78 is 18.1. The van der Waals surface area contributed by atoms with Gasteiger partial charge in [-0.3, -0.25) is 9.36 Å². The van der Waals surface area contributed by atoms with Crippen molar-refractivity contribution < 1.29 is 19.0 Å². The van der Waals surface area contributed by atoms with Gasteiger partial charge in [0, 0.05) is 12.2 Å². The van der Waals surface area contributed by atoms with E-state index in [2.05, 4.69) is 9.88 Å². The molecule has 0 bridgehead atoms. The number of carbonyl (C=O) groups is 1. The predicted molar refractivity (Wildman–Crippen MR) is 127 cm³/mol. The third-order valence-electron chi connectivity index (χ3n) is 5.42. The topological polar surface area (TPSA) is 74.6 Å². The highest BCUT2D eigenvalue weighted by Crippen LogP contribution is 2.33. The molecule has 0 saturated heterocycles. The van der Waals surface area contributed by atoms with Crippen molar-refractivity contribution in [2.45, 2.75) is 23.9 Å². The average Bonchev–Trinajstić information content (AvgIpc) is 3.46. The lowest BCUT2D eigenvalue weighted by Gasteiger charge is -2.14. The van der Waals surface area contributed by atoms with Gasteiger partial charge in [0.15, 0.2) is 16.7 Å². The molecule has 5 rings (SSSR count). The average molecular weight is 462 g/mol. The fourth-order valence-electron chi connectivity index (χ4n) is 3.66. The Bertz CT molecular complexity index is 1300. The number of amides is 1. The second-order valence-electron chi connectivity index (χ2n) is 7.58. The Hall–Kier alpha value is -3.65. The van der Waals surface area contributed by atoms with E-state index in [-0.39, 0.29) is 18.0 Å². The molecule has 1 aliphatic rings. The van der Waals surface area contributed by atoms with Gasteiger partial charge in [-0.2, -0.15) is 0 Å².